The molecule has 1 saturated heterocycles. The van der Waals surface area contributed by atoms with Crippen LogP contribution in [0.4, 0.5) is 15.8 Å². The van der Waals surface area contributed by atoms with Crippen molar-refractivity contribution in [1.29, 1.82) is 0 Å². The number of fused-ring (bicyclic) bond motifs is 1. The molecule has 1 aliphatic rings. The van der Waals surface area contributed by atoms with Crippen LogP contribution < -0.4 is 5.32 Å². The van der Waals surface area contributed by atoms with Gasteiger partial charge in [-0.15, -0.1) is 0 Å². The fraction of sp³-hybridized carbons (Fsp3) is 0.222. The van der Waals surface area contributed by atoms with Crippen LogP contribution in [0.2, 0.25) is 0 Å². The molecule has 13 heteroatoms. The summed E-state index contributed by atoms with van der Waals surface area (Å²) in [5, 5.41) is 20.2. The van der Waals surface area contributed by atoms with Gasteiger partial charge in [0.1, 0.15) is 10.7 Å². The molecule has 162 valence electrons. The summed E-state index contributed by atoms with van der Waals surface area (Å²) in [7, 11) is -4.12. The van der Waals surface area contributed by atoms with Gasteiger partial charge >= 0.3 is 0 Å². The topological polar surface area (TPSA) is 148 Å². The number of carbonyl (C=O) groups excluding carboxylic acids is 1. The zero-order valence-electron chi connectivity index (χ0n) is 15.9. The molecule has 4 rings (SSSR count). The number of nitrogens with one attached hydrogen (secondary N) is 2. The molecule has 0 atom stereocenters. The lowest BCUT2D eigenvalue weighted by atomic mass is 10.2. The van der Waals surface area contributed by atoms with Crippen molar-refractivity contribution in [3.05, 3.63) is 58.0 Å². The van der Waals surface area contributed by atoms with Crippen molar-refractivity contribution in [1.82, 2.24) is 14.5 Å². The normalized spacial score (nSPS) is 15.1. The average Bonchev–Trinajstić information content (AvgIpc) is 3.19. The van der Waals surface area contributed by atoms with Gasteiger partial charge in [0.15, 0.2) is 5.69 Å². The maximum Gasteiger partial charge on any atom is 0.276 e. The number of benzene rings is 2. The van der Waals surface area contributed by atoms with Crippen LogP contribution in [0, 0.1) is 15.9 Å². The maximum absolute atomic E-state index is 14.3. The maximum atomic E-state index is 14.3. The van der Waals surface area contributed by atoms with Crippen LogP contribution in [0.5, 0.6) is 0 Å². The van der Waals surface area contributed by atoms with Gasteiger partial charge in [-0.1, -0.05) is 0 Å². The monoisotopic (exact) mass is 449 g/mol. The molecule has 11 nitrogen and oxygen atoms in total. The quantitative estimate of drug-likeness (QED) is 0.446. The molecule has 1 aromatic heterocycles. The standard InChI is InChI=1S/C18H16FN5O6S/c19-14-3-1-11(9-16(14)31(28,29)23-5-7-30-8-6-23)20-18(25)17-13-10-12(24(26)27)2-4-15(13)21-22-17/h1-4,9-10H,5-8H2,(H,20,25)(H,21,22). The van der Waals surface area contributed by atoms with Crippen LogP contribution in [0.3, 0.4) is 0 Å². The Morgan fingerprint density at radius 3 is 2.68 bits per heavy atom. The van der Waals surface area contributed by atoms with Crippen molar-refractivity contribution >= 4 is 38.2 Å². The molecule has 0 bridgehead atoms. The fourth-order valence-electron chi connectivity index (χ4n) is 3.18. The van der Waals surface area contributed by atoms with Gasteiger partial charge in [0.05, 0.1) is 23.7 Å². The number of halogens is 1. The first-order valence-electron chi connectivity index (χ1n) is 9.08. The van der Waals surface area contributed by atoms with E-state index in [9.17, 15) is 27.7 Å². The molecule has 1 aliphatic heterocycles. The number of hydrogen-bond acceptors (Lipinski definition) is 7. The van der Waals surface area contributed by atoms with E-state index in [1.807, 2.05) is 0 Å². The van der Waals surface area contributed by atoms with Crippen LogP contribution in [-0.4, -0.2) is 60.1 Å². The number of non-ortho nitro benzene ring substituents is 1. The number of amides is 1. The average molecular weight is 449 g/mol. The van der Waals surface area contributed by atoms with Gasteiger partial charge in [0, 0.05) is 36.3 Å². The first-order chi connectivity index (χ1) is 14.8. The van der Waals surface area contributed by atoms with Crippen molar-refractivity contribution in [3.63, 3.8) is 0 Å². The zero-order chi connectivity index (χ0) is 22.2. The summed E-state index contributed by atoms with van der Waals surface area (Å²) in [6.45, 7) is 0.595. The number of hydrogen-bond donors (Lipinski definition) is 2. The molecular weight excluding hydrogens is 433 g/mol. The molecule has 2 heterocycles. The summed E-state index contributed by atoms with van der Waals surface area (Å²) in [6, 6.07) is 7.06. The smallest absolute Gasteiger partial charge is 0.276 e. The number of anilines is 1. The van der Waals surface area contributed by atoms with E-state index in [1.165, 1.54) is 24.3 Å². The van der Waals surface area contributed by atoms with E-state index in [4.69, 9.17) is 4.74 Å². The zero-order valence-corrected chi connectivity index (χ0v) is 16.7. The first-order valence-corrected chi connectivity index (χ1v) is 10.5. The number of H-pyrrole nitrogens is 1. The van der Waals surface area contributed by atoms with E-state index < -0.39 is 31.6 Å². The van der Waals surface area contributed by atoms with E-state index in [2.05, 4.69) is 15.5 Å². The van der Waals surface area contributed by atoms with Gasteiger partial charge in [-0.3, -0.25) is 20.0 Å². The van der Waals surface area contributed by atoms with E-state index in [0.717, 1.165) is 16.4 Å². The van der Waals surface area contributed by atoms with Crippen molar-refractivity contribution in [2.45, 2.75) is 4.90 Å². The summed E-state index contributed by atoms with van der Waals surface area (Å²) in [4.78, 5) is 22.5. The summed E-state index contributed by atoms with van der Waals surface area (Å²) >= 11 is 0. The van der Waals surface area contributed by atoms with Gasteiger partial charge in [0.2, 0.25) is 10.0 Å². The van der Waals surface area contributed by atoms with Crippen molar-refractivity contribution in [3.8, 4) is 0 Å². The van der Waals surface area contributed by atoms with Gasteiger partial charge in [-0.05, 0) is 24.3 Å². The third kappa shape index (κ3) is 3.97. The minimum absolute atomic E-state index is 0.0276. The highest BCUT2D eigenvalue weighted by atomic mass is 32.2. The number of aromatic amines is 1. The highest BCUT2D eigenvalue weighted by Crippen LogP contribution is 2.26. The second kappa shape index (κ2) is 8.02. The van der Waals surface area contributed by atoms with E-state index >= 15 is 0 Å². The summed E-state index contributed by atoms with van der Waals surface area (Å²) < 4.78 is 46.1. The van der Waals surface area contributed by atoms with E-state index in [-0.39, 0.29) is 48.8 Å². The highest BCUT2D eigenvalue weighted by molar-refractivity contribution is 7.89. The molecule has 1 fully saturated rings. The molecule has 0 aliphatic carbocycles. The van der Waals surface area contributed by atoms with Crippen LogP contribution in [0.15, 0.2) is 41.3 Å². The third-order valence-corrected chi connectivity index (χ3v) is 6.66. The molecule has 3 aromatic rings. The number of nitrogens with zero attached hydrogens (tertiary/aromatic N) is 3. The molecular formula is C18H16FN5O6S. The van der Waals surface area contributed by atoms with E-state index in [1.54, 1.807) is 0 Å². The van der Waals surface area contributed by atoms with Crippen LogP contribution >= 0.6 is 0 Å². The molecule has 2 aromatic carbocycles. The number of morpholine rings is 1. The molecule has 0 saturated carbocycles. The van der Waals surface area contributed by atoms with Crippen LogP contribution in [-0.2, 0) is 14.8 Å². The Balaban J connectivity index is 1.64. The molecule has 1 amide bonds. The lowest BCUT2D eigenvalue weighted by Crippen LogP contribution is -2.40. The number of nitro benzene ring substituents is 1. The molecule has 0 unspecified atom stereocenters. The first kappa shape index (κ1) is 20.8. The number of sulfonamides is 1. The molecule has 2 N–H and O–H groups in total. The molecule has 0 radical (unpaired) electrons. The number of ether oxygens (including phenoxy) is 1. The summed E-state index contributed by atoms with van der Waals surface area (Å²) in [5.74, 6) is -1.70. The predicted octanol–water partition coefficient (Wildman–Crippen LogP) is 1.88. The number of nitro groups is 1. The van der Waals surface area contributed by atoms with Gasteiger partial charge in [-0.2, -0.15) is 9.40 Å². The van der Waals surface area contributed by atoms with Crippen LogP contribution in [0.1, 0.15) is 10.5 Å². The lowest BCUT2D eigenvalue weighted by Gasteiger charge is -2.26. The van der Waals surface area contributed by atoms with Crippen molar-refractivity contribution in [2.75, 3.05) is 31.6 Å². The number of aromatic nitrogens is 2. The van der Waals surface area contributed by atoms with Gasteiger partial charge in [0.25, 0.3) is 11.6 Å². The molecule has 0 spiro atoms. The second-order valence-electron chi connectivity index (χ2n) is 6.67. The van der Waals surface area contributed by atoms with Crippen molar-refractivity contribution in [2.24, 2.45) is 0 Å². The summed E-state index contributed by atoms with van der Waals surface area (Å²) in [6.07, 6.45) is 0. The Bertz CT molecular complexity index is 1290. The minimum Gasteiger partial charge on any atom is -0.379 e. The Kier molecular flexibility index (Phi) is 5.39. The second-order valence-corrected chi connectivity index (χ2v) is 8.58. The largest absolute Gasteiger partial charge is 0.379 e. The Hall–Kier alpha value is -3.42. The van der Waals surface area contributed by atoms with Crippen molar-refractivity contribution < 1.29 is 27.3 Å². The predicted molar refractivity (Wildman–Crippen MR) is 107 cm³/mol. The Morgan fingerprint density at radius 1 is 1.23 bits per heavy atom. The van der Waals surface area contributed by atoms with Crippen LogP contribution in [0.25, 0.3) is 10.9 Å². The van der Waals surface area contributed by atoms with Gasteiger partial charge < -0.3 is 10.1 Å². The minimum atomic E-state index is -4.12. The number of carbonyl (C=O) groups is 1. The third-order valence-electron chi connectivity index (χ3n) is 4.75. The summed E-state index contributed by atoms with van der Waals surface area (Å²) in [5.41, 5.74) is 0.0921. The Morgan fingerprint density at radius 2 is 1.97 bits per heavy atom. The van der Waals surface area contributed by atoms with E-state index in [0.29, 0.717) is 5.52 Å². The number of rotatable bonds is 5. The SMILES string of the molecule is O=C(Nc1ccc(F)c(S(=O)(=O)N2CCOCC2)c1)c1n[nH]c2ccc([N+](=O)[O-])cc12. The lowest BCUT2D eigenvalue weighted by molar-refractivity contribution is -0.384. The highest BCUT2D eigenvalue weighted by Gasteiger charge is 2.29. The van der Waals surface area contributed by atoms with Gasteiger partial charge in [-0.25, -0.2) is 12.8 Å². The Labute approximate surface area is 175 Å². The fourth-order valence-corrected chi connectivity index (χ4v) is 4.68. The molecule has 31 heavy (non-hydrogen) atoms.